The monoisotopic (exact) mass is 263 g/mol. The number of H-pyrrole nitrogens is 2. The molecule has 3 aromatic heterocycles. The van der Waals surface area contributed by atoms with Crippen LogP contribution in [0.1, 0.15) is 11.5 Å². The molecule has 3 rings (SSSR count). The zero-order chi connectivity index (χ0) is 12.5. The summed E-state index contributed by atoms with van der Waals surface area (Å²) in [6.07, 6.45) is 3.33. The van der Waals surface area contributed by atoms with Gasteiger partial charge >= 0.3 is 0 Å². The molecule has 0 atom stereocenters. The average molecular weight is 264 g/mol. The van der Waals surface area contributed by atoms with E-state index >= 15 is 0 Å². The largest absolute Gasteiger partial charge is 0.361 e. The maximum absolute atomic E-state index is 5.83. The van der Waals surface area contributed by atoms with Crippen LogP contribution in [0, 0.1) is 6.92 Å². The van der Waals surface area contributed by atoms with Gasteiger partial charge in [0.2, 0.25) is 5.28 Å². The first-order chi connectivity index (χ1) is 8.72. The Bertz CT molecular complexity index is 686. The lowest BCUT2D eigenvalue weighted by molar-refractivity contribution is 0.980. The number of nitrogens with one attached hydrogen (secondary N) is 3. The van der Waals surface area contributed by atoms with Crippen molar-refractivity contribution in [3.05, 3.63) is 29.3 Å². The van der Waals surface area contributed by atoms with Crippen molar-refractivity contribution in [2.45, 2.75) is 13.5 Å². The summed E-state index contributed by atoms with van der Waals surface area (Å²) in [4.78, 5) is 22.5. The van der Waals surface area contributed by atoms with Crippen molar-refractivity contribution in [3.8, 4) is 0 Å². The molecule has 18 heavy (non-hydrogen) atoms. The van der Waals surface area contributed by atoms with Crippen LogP contribution in [-0.2, 0) is 6.54 Å². The summed E-state index contributed by atoms with van der Waals surface area (Å²) >= 11 is 5.83. The first-order valence-corrected chi connectivity index (χ1v) is 5.71. The number of hydrogen-bond acceptors (Lipinski definition) is 5. The van der Waals surface area contributed by atoms with E-state index < -0.39 is 0 Å². The minimum absolute atomic E-state index is 0.160. The van der Waals surface area contributed by atoms with Crippen LogP contribution in [-0.4, -0.2) is 29.9 Å². The fourth-order valence-corrected chi connectivity index (χ4v) is 1.82. The molecule has 7 nitrogen and oxygen atoms in total. The van der Waals surface area contributed by atoms with E-state index in [9.17, 15) is 0 Å². The van der Waals surface area contributed by atoms with E-state index in [0.29, 0.717) is 18.0 Å². The van der Waals surface area contributed by atoms with E-state index in [-0.39, 0.29) is 5.28 Å². The predicted octanol–water partition coefficient (Wildman–Crippen LogP) is 1.65. The maximum atomic E-state index is 5.83. The molecule has 0 bridgehead atoms. The number of fused-ring (bicyclic) bond motifs is 1. The molecule has 0 saturated heterocycles. The van der Waals surface area contributed by atoms with Crippen molar-refractivity contribution in [2.75, 3.05) is 5.32 Å². The Balaban J connectivity index is 1.87. The molecule has 92 valence electrons. The molecule has 0 unspecified atom stereocenters. The summed E-state index contributed by atoms with van der Waals surface area (Å²) in [7, 11) is 0. The van der Waals surface area contributed by atoms with E-state index in [2.05, 4.69) is 35.2 Å². The third kappa shape index (κ3) is 2.00. The number of halogens is 1. The van der Waals surface area contributed by atoms with Gasteiger partial charge in [-0.25, -0.2) is 9.97 Å². The normalized spacial score (nSPS) is 11.0. The molecule has 0 fully saturated rings. The number of aromatic nitrogens is 6. The van der Waals surface area contributed by atoms with Crippen LogP contribution in [0.15, 0.2) is 12.5 Å². The summed E-state index contributed by atoms with van der Waals surface area (Å²) in [5.41, 5.74) is 2.27. The standard InChI is InChI=1S/C10H10ClN7/c1-5-2-12-6(16-5)3-13-8-7-9(15-4-14-7)18-10(11)17-8/h2,4H,3H2,1H3,(H,12,16)(H2,13,14,15,17,18). The number of hydrogen-bond donors (Lipinski definition) is 3. The molecule has 0 saturated carbocycles. The lowest BCUT2D eigenvalue weighted by Crippen LogP contribution is -2.04. The fraction of sp³-hybridized carbons (Fsp3) is 0.200. The minimum atomic E-state index is 0.160. The highest BCUT2D eigenvalue weighted by Crippen LogP contribution is 2.18. The van der Waals surface area contributed by atoms with Crippen LogP contribution in [0.5, 0.6) is 0 Å². The Kier molecular flexibility index (Phi) is 2.60. The van der Waals surface area contributed by atoms with Gasteiger partial charge in [-0.2, -0.15) is 9.97 Å². The molecule has 3 aromatic rings. The predicted molar refractivity (Wildman–Crippen MR) is 67.3 cm³/mol. The van der Waals surface area contributed by atoms with E-state index in [1.165, 1.54) is 0 Å². The second-order valence-corrected chi connectivity index (χ2v) is 4.15. The summed E-state index contributed by atoms with van der Waals surface area (Å²) in [6.45, 7) is 2.47. The van der Waals surface area contributed by atoms with Crippen molar-refractivity contribution in [3.63, 3.8) is 0 Å². The highest BCUT2D eigenvalue weighted by Gasteiger charge is 2.08. The number of aryl methyl sites for hydroxylation is 1. The van der Waals surface area contributed by atoms with Crippen molar-refractivity contribution in [2.24, 2.45) is 0 Å². The number of anilines is 1. The molecule has 0 aliphatic rings. The van der Waals surface area contributed by atoms with Gasteiger partial charge in [0.05, 0.1) is 12.9 Å². The van der Waals surface area contributed by atoms with Gasteiger partial charge < -0.3 is 15.3 Å². The summed E-state index contributed by atoms with van der Waals surface area (Å²) in [5.74, 6) is 1.44. The summed E-state index contributed by atoms with van der Waals surface area (Å²) in [5, 5.41) is 3.30. The Morgan fingerprint density at radius 2 is 2.22 bits per heavy atom. The molecule has 0 radical (unpaired) electrons. The molecule has 0 amide bonds. The zero-order valence-corrected chi connectivity index (χ0v) is 10.3. The fourth-order valence-electron chi connectivity index (χ4n) is 1.66. The van der Waals surface area contributed by atoms with Crippen molar-refractivity contribution in [1.29, 1.82) is 0 Å². The van der Waals surface area contributed by atoms with Gasteiger partial charge in [0.15, 0.2) is 11.5 Å². The molecule has 0 aliphatic heterocycles. The first-order valence-electron chi connectivity index (χ1n) is 5.33. The van der Waals surface area contributed by atoms with E-state index in [1.54, 1.807) is 12.5 Å². The summed E-state index contributed by atoms with van der Waals surface area (Å²) in [6, 6.07) is 0. The highest BCUT2D eigenvalue weighted by molar-refractivity contribution is 6.28. The molecule has 0 aliphatic carbocycles. The van der Waals surface area contributed by atoms with Crippen LogP contribution in [0.3, 0.4) is 0 Å². The van der Waals surface area contributed by atoms with Crippen LogP contribution in [0.2, 0.25) is 5.28 Å². The highest BCUT2D eigenvalue weighted by atomic mass is 35.5. The van der Waals surface area contributed by atoms with Crippen molar-refractivity contribution in [1.82, 2.24) is 29.9 Å². The first kappa shape index (κ1) is 11.0. The average Bonchev–Trinajstić information content (AvgIpc) is 2.94. The Labute approximate surface area is 107 Å². The third-order valence-corrected chi connectivity index (χ3v) is 2.61. The van der Waals surface area contributed by atoms with Crippen LogP contribution < -0.4 is 5.32 Å². The number of nitrogens with zero attached hydrogens (tertiary/aromatic N) is 4. The molecule has 3 heterocycles. The number of imidazole rings is 2. The summed E-state index contributed by atoms with van der Waals surface area (Å²) < 4.78 is 0. The van der Waals surface area contributed by atoms with Gasteiger partial charge in [0.25, 0.3) is 0 Å². The molecule has 8 heteroatoms. The molecular formula is C10H10ClN7. The van der Waals surface area contributed by atoms with E-state index in [1.807, 2.05) is 6.92 Å². The van der Waals surface area contributed by atoms with Gasteiger partial charge in [-0.1, -0.05) is 0 Å². The molecule has 0 spiro atoms. The second kappa shape index (κ2) is 4.26. The molecule has 0 aromatic carbocycles. The topological polar surface area (TPSA) is 95.2 Å². The van der Waals surface area contributed by atoms with Gasteiger partial charge in [-0.3, -0.25) is 0 Å². The van der Waals surface area contributed by atoms with Gasteiger partial charge in [-0.05, 0) is 18.5 Å². The number of rotatable bonds is 3. The maximum Gasteiger partial charge on any atom is 0.226 e. The second-order valence-electron chi connectivity index (χ2n) is 3.81. The Morgan fingerprint density at radius 1 is 1.33 bits per heavy atom. The molecule has 3 N–H and O–H groups in total. The van der Waals surface area contributed by atoms with Crippen molar-refractivity contribution >= 4 is 28.6 Å². The van der Waals surface area contributed by atoms with Crippen LogP contribution >= 0.6 is 11.6 Å². The smallest absolute Gasteiger partial charge is 0.226 e. The number of aromatic amines is 2. The lowest BCUT2D eigenvalue weighted by atomic mass is 10.4. The van der Waals surface area contributed by atoms with E-state index in [0.717, 1.165) is 17.0 Å². The third-order valence-electron chi connectivity index (χ3n) is 2.44. The van der Waals surface area contributed by atoms with Gasteiger partial charge in [-0.15, -0.1) is 0 Å². The molecular weight excluding hydrogens is 254 g/mol. The van der Waals surface area contributed by atoms with Gasteiger partial charge in [0, 0.05) is 11.9 Å². The lowest BCUT2D eigenvalue weighted by Gasteiger charge is -2.04. The minimum Gasteiger partial charge on any atom is -0.361 e. The quantitative estimate of drug-likeness (QED) is 0.625. The Hall–Kier alpha value is -2.15. The van der Waals surface area contributed by atoms with Gasteiger partial charge in [0.1, 0.15) is 11.3 Å². The Morgan fingerprint density at radius 3 is 3.00 bits per heavy atom. The van der Waals surface area contributed by atoms with Crippen LogP contribution in [0.4, 0.5) is 5.82 Å². The van der Waals surface area contributed by atoms with Crippen molar-refractivity contribution < 1.29 is 0 Å². The van der Waals surface area contributed by atoms with Crippen LogP contribution in [0.25, 0.3) is 11.2 Å². The SMILES string of the molecule is Cc1cnc(CNc2nc(Cl)nc3nc[nH]c23)[nH]1. The van der Waals surface area contributed by atoms with E-state index in [4.69, 9.17) is 11.6 Å². The zero-order valence-electron chi connectivity index (χ0n) is 9.53.